The highest BCUT2D eigenvalue weighted by molar-refractivity contribution is 6.31. The molecule has 0 bridgehead atoms. The molecule has 0 saturated carbocycles. The Labute approximate surface area is 106 Å². The van der Waals surface area contributed by atoms with Crippen molar-refractivity contribution in [2.75, 3.05) is 6.61 Å². The van der Waals surface area contributed by atoms with Gasteiger partial charge in [-0.15, -0.1) is 0 Å². The summed E-state index contributed by atoms with van der Waals surface area (Å²) in [6.45, 7) is 4.92. The zero-order chi connectivity index (χ0) is 12.4. The van der Waals surface area contributed by atoms with Crippen molar-refractivity contribution in [1.29, 1.82) is 0 Å². The van der Waals surface area contributed by atoms with Gasteiger partial charge in [-0.3, -0.25) is 10.5 Å². The summed E-state index contributed by atoms with van der Waals surface area (Å²) in [6.07, 6.45) is 3.80. The van der Waals surface area contributed by atoms with Gasteiger partial charge in [-0.05, 0) is 26.7 Å². The molecule has 2 rings (SSSR count). The molecule has 17 heavy (non-hydrogen) atoms. The fourth-order valence-electron chi connectivity index (χ4n) is 2.28. The fourth-order valence-corrected chi connectivity index (χ4v) is 2.53. The molecule has 1 aromatic rings. The van der Waals surface area contributed by atoms with Crippen molar-refractivity contribution in [2.24, 2.45) is 5.84 Å². The number of hydrazine groups is 1. The van der Waals surface area contributed by atoms with Gasteiger partial charge in [-0.25, -0.2) is 5.43 Å². The van der Waals surface area contributed by atoms with Crippen molar-refractivity contribution in [3.63, 3.8) is 0 Å². The van der Waals surface area contributed by atoms with Gasteiger partial charge >= 0.3 is 0 Å². The van der Waals surface area contributed by atoms with Crippen LogP contribution in [0.1, 0.15) is 44.5 Å². The average molecular weight is 259 g/mol. The maximum absolute atomic E-state index is 6.21. The number of nitrogens with one attached hydrogen (secondary N) is 1. The molecule has 0 amide bonds. The first kappa shape index (κ1) is 12.8. The molecule has 1 aromatic heterocycles. The van der Waals surface area contributed by atoms with Crippen molar-refractivity contribution in [2.45, 2.75) is 44.9 Å². The Morgan fingerprint density at radius 2 is 2.41 bits per heavy atom. The van der Waals surface area contributed by atoms with Gasteiger partial charge in [0.2, 0.25) is 0 Å². The van der Waals surface area contributed by atoms with E-state index in [1.807, 2.05) is 4.68 Å². The smallest absolute Gasteiger partial charge is 0.0905 e. The molecule has 2 atom stereocenters. The normalized spacial score (nSPS) is 22.3. The van der Waals surface area contributed by atoms with Gasteiger partial charge in [0.25, 0.3) is 0 Å². The molecule has 1 aliphatic rings. The minimum atomic E-state index is -0.102. The maximum Gasteiger partial charge on any atom is 0.0905 e. The van der Waals surface area contributed by atoms with Crippen LogP contribution in [0.4, 0.5) is 0 Å². The van der Waals surface area contributed by atoms with Crippen LogP contribution in [0.25, 0.3) is 0 Å². The second kappa shape index (κ2) is 5.35. The molecule has 2 unspecified atom stereocenters. The van der Waals surface area contributed by atoms with E-state index in [0.29, 0.717) is 5.02 Å². The van der Waals surface area contributed by atoms with E-state index >= 15 is 0 Å². The third-order valence-electron chi connectivity index (χ3n) is 3.09. The third-order valence-corrected chi connectivity index (χ3v) is 3.38. The lowest BCUT2D eigenvalue weighted by Crippen LogP contribution is -2.38. The summed E-state index contributed by atoms with van der Waals surface area (Å²) in [5.74, 6) is 5.65. The van der Waals surface area contributed by atoms with Gasteiger partial charge in [-0.1, -0.05) is 11.6 Å². The summed E-state index contributed by atoms with van der Waals surface area (Å²) in [5, 5.41) is 4.93. The molecule has 0 aromatic carbocycles. The average Bonchev–Trinajstić information content (AvgIpc) is 2.91. The van der Waals surface area contributed by atoms with E-state index in [4.69, 9.17) is 22.2 Å². The first-order chi connectivity index (χ1) is 8.15. The number of rotatable bonds is 4. The molecule has 3 N–H and O–H groups in total. The molecule has 1 fully saturated rings. The molecule has 5 nitrogen and oxygen atoms in total. The summed E-state index contributed by atoms with van der Waals surface area (Å²) in [4.78, 5) is 0. The van der Waals surface area contributed by atoms with Crippen molar-refractivity contribution < 1.29 is 4.74 Å². The zero-order valence-electron chi connectivity index (χ0n) is 10.2. The third kappa shape index (κ3) is 2.47. The zero-order valence-corrected chi connectivity index (χ0v) is 10.9. The van der Waals surface area contributed by atoms with Crippen LogP contribution in [0.2, 0.25) is 5.02 Å². The number of hydrogen-bond acceptors (Lipinski definition) is 4. The predicted octanol–water partition coefficient (Wildman–Crippen LogP) is 1.80. The van der Waals surface area contributed by atoms with Crippen LogP contribution in [-0.2, 0) is 4.74 Å². The van der Waals surface area contributed by atoms with E-state index < -0.39 is 0 Å². The van der Waals surface area contributed by atoms with E-state index in [1.165, 1.54) is 0 Å². The van der Waals surface area contributed by atoms with Crippen molar-refractivity contribution >= 4 is 11.6 Å². The van der Waals surface area contributed by atoms with Crippen LogP contribution < -0.4 is 11.3 Å². The molecular weight excluding hydrogens is 240 g/mol. The number of nitrogens with zero attached hydrogens (tertiary/aromatic N) is 2. The second-order valence-corrected chi connectivity index (χ2v) is 5.02. The Morgan fingerprint density at radius 1 is 1.65 bits per heavy atom. The Bertz CT molecular complexity index is 374. The molecule has 0 aliphatic carbocycles. The van der Waals surface area contributed by atoms with Crippen LogP contribution >= 0.6 is 11.6 Å². The molecule has 1 saturated heterocycles. The lowest BCUT2D eigenvalue weighted by Gasteiger charge is -2.24. The van der Waals surface area contributed by atoms with E-state index in [0.717, 1.165) is 25.1 Å². The summed E-state index contributed by atoms with van der Waals surface area (Å²) >= 11 is 6.21. The van der Waals surface area contributed by atoms with E-state index in [1.54, 1.807) is 6.20 Å². The molecule has 96 valence electrons. The van der Waals surface area contributed by atoms with Crippen LogP contribution in [0.15, 0.2) is 6.20 Å². The molecular formula is C11H19ClN4O. The van der Waals surface area contributed by atoms with Crippen LogP contribution in [-0.4, -0.2) is 22.5 Å². The minimum Gasteiger partial charge on any atom is -0.376 e. The highest BCUT2D eigenvalue weighted by Crippen LogP contribution is 2.32. The van der Waals surface area contributed by atoms with Crippen molar-refractivity contribution in [3.05, 3.63) is 16.9 Å². The second-order valence-electron chi connectivity index (χ2n) is 4.61. The summed E-state index contributed by atoms with van der Waals surface area (Å²) in [5.41, 5.74) is 3.73. The van der Waals surface area contributed by atoms with Gasteiger partial charge in [0.15, 0.2) is 0 Å². The van der Waals surface area contributed by atoms with Crippen molar-refractivity contribution in [3.8, 4) is 0 Å². The number of hydrogen-bond donors (Lipinski definition) is 2. The highest BCUT2D eigenvalue weighted by atomic mass is 35.5. The molecule has 2 heterocycles. The topological polar surface area (TPSA) is 65.1 Å². The molecule has 0 spiro atoms. The van der Waals surface area contributed by atoms with Crippen molar-refractivity contribution in [1.82, 2.24) is 15.2 Å². The largest absolute Gasteiger partial charge is 0.376 e. The first-order valence-electron chi connectivity index (χ1n) is 5.95. The van der Waals surface area contributed by atoms with Gasteiger partial charge in [-0.2, -0.15) is 5.10 Å². The SMILES string of the molecule is CC(C)n1ncc(Cl)c1C(NN)C1CCCO1. The molecule has 6 heteroatoms. The van der Waals surface area contributed by atoms with E-state index in [2.05, 4.69) is 24.4 Å². The van der Waals surface area contributed by atoms with Gasteiger partial charge in [0.1, 0.15) is 0 Å². The Morgan fingerprint density at radius 3 is 2.94 bits per heavy atom. The van der Waals surface area contributed by atoms with Gasteiger partial charge < -0.3 is 4.74 Å². The van der Waals surface area contributed by atoms with E-state index in [-0.39, 0.29) is 18.2 Å². The Hall–Kier alpha value is -0.620. The minimum absolute atomic E-state index is 0.0756. The first-order valence-corrected chi connectivity index (χ1v) is 6.33. The monoisotopic (exact) mass is 258 g/mol. The summed E-state index contributed by atoms with van der Waals surface area (Å²) in [6, 6.07) is 0.143. The van der Waals surface area contributed by atoms with E-state index in [9.17, 15) is 0 Å². The predicted molar refractivity (Wildman–Crippen MR) is 66.7 cm³/mol. The standard InChI is InChI=1S/C11H19ClN4O/c1-7(2)16-11(8(12)6-14-16)10(15-13)9-4-3-5-17-9/h6-7,9-10,15H,3-5,13H2,1-2H3. The summed E-state index contributed by atoms with van der Waals surface area (Å²) < 4.78 is 7.57. The lowest BCUT2D eigenvalue weighted by molar-refractivity contribution is 0.0751. The van der Waals surface area contributed by atoms with Gasteiger partial charge in [0.05, 0.1) is 29.1 Å². The van der Waals surface area contributed by atoms with Crippen LogP contribution in [0.3, 0.4) is 0 Å². The Kier molecular flexibility index (Phi) is 4.04. The molecule has 1 aliphatic heterocycles. The van der Waals surface area contributed by atoms with Crippen LogP contribution in [0.5, 0.6) is 0 Å². The van der Waals surface area contributed by atoms with Crippen LogP contribution in [0, 0.1) is 0 Å². The number of nitrogens with two attached hydrogens (primary N) is 1. The Balaban J connectivity index is 2.32. The highest BCUT2D eigenvalue weighted by Gasteiger charge is 2.31. The fraction of sp³-hybridized carbons (Fsp3) is 0.727. The summed E-state index contributed by atoms with van der Waals surface area (Å²) in [7, 11) is 0. The lowest BCUT2D eigenvalue weighted by atomic mass is 10.0. The number of ether oxygens (including phenoxy) is 1. The quantitative estimate of drug-likeness (QED) is 0.639. The number of halogens is 1. The van der Waals surface area contributed by atoms with Gasteiger partial charge in [0, 0.05) is 12.6 Å². The molecule has 0 radical (unpaired) electrons. The number of aromatic nitrogens is 2. The maximum atomic E-state index is 6.21.